The fraction of sp³-hybridized carbons (Fsp3) is 0.100. The molecule has 0 atom stereocenters. The van der Waals surface area contributed by atoms with E-state index in [1.807, 2.05) is 0 Å². The van der Waals surface area contributed by atoms with Gasteiger partial charge in [0, 0.05) is 17.1 Å². The Balaban J connectivity index is 2.61. The highest BCUT2D eigenvalue weighted by atomic mass is 35.5. The molecular formula is C10H8ClNO3. The van der Waals surface area contributed by atoms with Gasteiger partial charge in [-0.15, -0.1) is 0 Å². The van der Waals surface area contributed by atoms with Gasteiger partial charge in [-0.05, 0) is 18.2 Å². The van der Waals surface area contributed by atoms with Crippen molar-refractivity contribution >= 4 is 28.7 Å². The Hall–Kier alpha value is -1.68. The summed E-state index contributed by atoms with van der Waals surface area (Å²) in [6.07, 6.45) is 1.59. The molecule has 0 fully saturated rings. The lowest BCUT2D eigenvalue weighted by Crippen LogP contribution is -1.99. The molecule has 0 amide bonds. The SMILES string of the molecule is COC(=O)c1c[nH]c2ccc(OCl)cc12. The highest BCUT2D eigenvalue weighted by Gasteiger charge is 2.12. The molecule has 5 heteroatoms. The molecule has 2 rings (SSSR count). The molecule has 2 aromatic rings. The summed E-state index contributed by atoms with van der Waals surface area (Å²) in [4.78, 5) is 14.3. The number of H-pyrrole nitrogens is 1. The maximum absolute atomic E-state index is 11.4. The van der Waals surface area contributed by atoms with Crippen LogP contribution in [-0.4, -0.2) is 18.1 Å². The fourth-order valence-corrected chi connectivity index (χ4v) is 1.52. The Morgan fingerprint density at radius 1 is 1.47 bits per heavy atom. The molecule has 0 saturated heterocycles. The quantitative estimate of drug-likeness (QED) is 0.799. The van der Waals surface area contributed by atoms with Crippen molar-refractivity contribution in [1.82, 2.24) is 4.98 Å². The monoisotopic (exact) mass is 225 g/mol. The van der Waals surface area contributed by atoms with Crippen LogP contribution in [0.25, 0.3) is 10.9 Å². The van der Waals surface area contributed by atoms with Crippen molar-refractivity contribution in [2.75, 3.05) is 7.11 Å². The Bertz CT molecular complexity index is 506. The van der Waals surface area contributed by atoms with E-state index >= 15 is 0 Å². The normalized spacial score (nSPS) is 10.3. The van der Waals surface area contributed by atoms with E-state index in [-0.39, 0.29) is 0 Å². The lowest BCUT2D eigenvalue weighted by molar-refractivity contribution is 0.0603. The van der Waals surface area contributed by atoms with E-state index in [2.05, 4.69) is 14.0 Å². The fourth-order valence-electron chi connectivity index (χ4n) is 1.43. The number of halogens is 1. The molecule has 78 valence electrons. The molecule has 0 aliphatic rings. The maximum Gasteiger partial charge on any atom is 0.340 e. The van der Waals surface area contributed by atoms with Crippen LogP contribution in [0.5, 0.6) is 5.75 Å². The Labute approximate surface area is 90.9 Å². The maximum atomic E-state index is 11.4. The van der Waals surface area contributed by atoms with Gasteiger partial charge in [0.05, 0.1) is 12.7 Å². The molecular weight excluding hydrogens is 218 g/mol. The molecule has 1 N–H and O–H groups in total. The van der Waals surface area contributed by atoms with Crippen LogP contribution in [0.3, 0.4) is 0 Å². The predicted molar refractivity (Wildman–Crippen MR) is 56.1 cm³/mol. The third kappa shape index (κ3) is 1.64. The second kappa shape index (κ2) is 3.82. The first-order valence-corrected chi connectivity index (χ1v) is 4.55. The zero-order chi connectivity index (χ0) is 10.8. The molecule has 0 radical (unpaired) electrons. The van der Waals surface area contributed by atoms with Gasteiger partial charge in [0.15, 0.2) is 0 Å². The first-order chi connectivity index (χ1) is 7.26. The number of ether oxygens (including phenoxy) is 1. The third-order valence-electron chi connectivity index (χ3n) is 2.15. The predicted octanol–water partition coefficient (Wildman–Crippen LogP) is 2.49. The molecule has 1 aromatic heterocycles. The van der Waals surface area contributed by atoms with E-state index in [4.69, 9.17) is 11.9 Å². The molecule has 0 saturated carbocycles. The summed E-state index contributed by atoms with van der Waals surface area (Å²) in [5.74, 6) is 0.0851. The number of aromatic nitrogens is 1. The number of aromatic amines is 1. The largest absolute Gasteiger partial charge is 0.465 e. The van der Waals surface area contributed by atoms with E-state index < -0.39 is 5.97 Å². The van der Waals surface area contributed by atoms with Crippen LogP contribution < -0.4 is 4.29 Å². The number of hydrogen-bond donors (Lipinski definition) is 1. The second-order valence-electron chi connectivity index (χ2n) is 2.98. The van der Waals surface area contributed by atoms with Crippen molar-refractivity contribution in [3.8, 4) is 5.75 Å². The van der Waals surface area contributed by atoms with Gasteiger partial charge in [-0.3, -0.25) is 0 Å². The summed E-state index contributed by atoms with van der Waals surface area (Å²) in [5, 5.41) is 0.722. The van der Waals surface area contributed by atoms with Crippen LogP contribution in [0, 0.1) is 0 Å². The van der Waals surface area contributed by atoms with Gasteiger partial charge in [0.25, 0.3) is 0 Å². The number of fused-ring (bicyclic) bond motifs is 1. The Morgan fingerprint density at radius 3 is 2.93 bits per heavy atom. The first kappa shape index (κ1) is 9.86. The lowest BCUT2D eigenvalue weighted by atomic mass is 10.2. The van der Waals surface area contributed by atoms with E-state index in [1.165, 1.54) is 7.11 Å². The standard InChI is InChI=1S/C10H8ClNO3/c1-14-10(13)8-5-12-9-3-2-6(15-11)4-7(8)9/h2-5,12H,1H3. The van der Waals surface area contributed by atoms with E-state index in [0.29, 0.717) is 11.3 Å². The average molecular weight is 226 g/mol. The molecule has 4 nitrogen and oxygen atoms in total. The molecule has 1 heterocycles. The van der Waals surface area contributed by atoms with Gasteiger partial charge in [0.1, 0.15) is 17.6 Å². The van der Waals surface area contributed by atoms with Gasteiger partial charge in [-0.2, -0.15) is 0 Å². The number of carbonyl (C=O) groups excluding carboxylic acids is 1. The minimum atomic E-state index is -0.395. The van der Waals surface area contributed by atoms with Gasteiger partial charge in [-0.1, -0.05) is 0 Å². The zero-order valence-electron chi connectivity index (χ0n) is 7.91. The van der Waals surface area contributed by atoms with E-state index in [0.717, 1.165) is 10.9 Å². The summed E-state index contributed by atoms with van der Waals surface area (Å²) < 4.78 is 9.21. The molecule has 0 aliphatic carbocycles. The van der Waals surface area contributed by atoms with Crippen molar-refractivity contribution in [3.63, 3.8) is 0 Å². The highest BCUT2D eigenvalue weighted by Crippen LogP contribution is 2.24. The van der Waals surface area contributed by atoms with Crippen LogP contribution >= 0.6 is 11.9 Å². The second-order valence-corrected chi connectivity index (χ2v) is 3.13. The van der Waals surface area contributed by atoms with Gasteiger partial charge < -0.3 is 14.0 Å². The number of esters is 1. The number of hydrogen-bond acceptors (Lipinski definition) is 3. The summed E-state index contributed by atoms with van der Waals surface area (Å²) in [6.45, 7) is 0. The molecule has 0 aliphatic heterocycles. The van der Waals surface area contributed by atoms with Crippen molar-refractivity contribution in [1.29, 1.82) is 0 Å². The average Bonchev–Trinajstić information content (AvgIpc) is 2.70. The van der Waals surface area contributed by atoms with Crippen molar-refractivity contribution in [3.05, 3.63) is 30.0 Å². The topological polar surface area (TPSA) is 51.3 Å². The van der Waals surface area contributed by atoms with E-state index in [1.54, 1.807) is 24.4 Å². The van der Waals surface area contributed by atoms with Gasteiger partial charge in [0.2, 0.25) is 0 Å². The van der Waals surface area contributed by atoms with Crippen molar-refractivity contribution in [2.45, 2.75) is 0 Å². The van der Waals surface area contributed by atoms with Crippen LogP contribution in [0.1, 0.15) is 10.4 Å². The Morgan fingerprint density at radius 2 is 2.27 bits per heavy atom. The van der Waals surface area contributed by atoms with Crippen LogP contribution in [0.15, 0.2) is 24.4 Å². The third-order valence-corrected chi connectivity index (χ3v) is 2.33. The summed E-state index contributed by atoms with van der Waals surface area (Å²) in [6, 6.07) is 5.15. The number of benzene rings is 1. The summed E-state index contributed by atoms with van der Waals surface area (Å²) >= 11 is 5.23. The van der Waals surface area contributed by atoms with Crippen molar-refractivity contribution < 1.29 is 13.8 Å². The van der Waals surface area contributed by atoms with Crippen LogP contribution in [-0.2, 0) is 4.74 Å². The van der Waals surface area contributed by atoms with Crippen molar-refractivity contribution in [2.24, 2.45) is 0 Å². The molecule has 15 heavy (non-hydrogen) atoms. The van der Waals surface area contributed by atoms with E-state index in [9.17, 15) is 4.79 Å². The summed E-state index contributed by atoms with van der Waals surface area (Å²) in [5.41, 5.74) is 1.29. The molecule has 1 aromatic carbocycles. The molecule has 0 bridgehead atoms. The number of rotatable bonds is 2. The lowest BCUT2D eigenvalue weighted by Gasteiger charge is -1.98. The zero-order valence-corrected chi connectivity index (χ0v) is 8.67. The van der Waals surface area contributed by atoms with Crippen LogP contribution in [0.2, 0.25) is 0 Å². The Kier molecular flexibility index (Phi) is 2.51. The highest BCUT2D eigenvalue weighted by molar-refractivity contribution is 6.09. The van der Waals surface area contributed by atoms with Gasteiger partial charge in [-0.25, -0.2) is 4.79 Å². The summed E-state index contributed by atoms with van der Waals surface area (Å²) in [7, 11) is 1.34. The van der Waals surface area contributed by atoms with Gasteiger partial charge >= 0.3 is 5.97 Å². The number of carbonyl (C=O) groups is 1. The number of nitrogens with one attached hydrogen (secondary N) is 1. The van der Waals surface area contributed by atoms with Crippen LogP contribution in [0.4, 0.5) is 0 Å². The first-order valence-electron chi connectivity index (χ1n) is 4.24. The smallest absolute Gasteiger partial charge is 0.340 e. The molecule has 0 spiro atoms. The number of methoxy groups -OCH3 is 1. The molecule has 0 unspecified atom stereocenters. The minimum Gasteiger partial charge on any atom is -0.465 e. The minimum absolute atomic E-state index is 0.395.